The molecule has 7 heteroatoms. The number of rotatable bonds is 7. The molecule has 42 heavy (non-hydrogen) atoms. The second kappa shape index (κ2) is 11.5. The predicted octanol–water partition coefficient (Wildman–Crippen LogP) is 7.32. The van der Waals surface area contributed by atoms with Crippen LogP contribution in [-0.4, -0.2) is 35.6 Å². The molecule has 3 aromatic carbocycles. The van der Waals surface area contributed by atoms with Gasteiger partial charge in [-0.15, -0.1) is 0 Å². The Bertz CT molecular complexity index is 1540. The summed E-state index contributed by atoms with van der Waals surface area (Å²) in [6.07, 6.45) is 0.385. The summed E-state index contributed by atoms with van der Waals surface area (Å²) in [5.41, 5.74) is 6.96. The highest BCUT2D eigenvalue weighted by atomic mass is 19.1. The Morgan fingerprint density at radius 2 is 1.76 bits per heavy atom. The number of carbonyl (C=O) groups is 2. The molecule has 5 rings (SSSR count). The highest BCUT2D eigenvalue weighted by Crippen LogP contribution is 2.47. The molecule has 0 N–H and O–H groups in total. The summed E-state index contributed by atoms with van der Waals surface area (Å²) in [7, 11) is 0. The maximum atomic E-state index is 15.6. The van der Waals surface area contributed by atoms with E-state index in [1.807, 2.05) is 76.8 Å². The van der Waals surface area contributed by atoms with Crippen LogP contribution in [0.3, 0.4) is 0 Å². The number of halogens is 1. The largest absolute Gasteiger partial charge is 0.490 e. The summed E-state index contributed by atoms with van der Waals surface area (Å²) in [4.78, 5) is 29.4. The van der Waals surface area contributed by atoms with Crippen molar-refractivity contribution in [1.29, 1.82) is 0 Å². The lowest BCUT2D eigenvalue weighted by Crippen LogP contribution is -2.30. The lowest BCUT2D eigenvalue weighted by molar-refractivity contribution is -0.166. The number of carbonyl (C=O) groups excluding carboxylic acids is 2. The van der Waals surface area contributed by atoms with Crippen molar-refractivity contribution in [2.75, 3.05) is 13.2 Å². The van der Waals surface area contributed by atoms with Gasteiger partial charge in [0.2, 0.25) is 0 Å². The van der Waals surface area contributed by atoms with Crippen LogP contribution < -0.4 is 4.74 Å². The van der Waals surface area contributed by atoms with Crippen LogP contribution >= 0.6 is 0 Å². The monoisotopic (exact) mass is 573 g/mol. The topological polar surface area (TPSA) is 65.1 Å². The van der Waals surface area contributed by atoms with Crippen molar-refractivity contribution in [3.63, 3.8) is 0 Å². The van der Waals surface area contributed by atoms with Gasteiger partial charge in [-0.05, 0) is 106 Å². The van der Waals surface area contributed by atoms with Crippen LogP contribution in [0.25, 0.3) is 11.1 Å². The Balaban J connectivity index is 1.78. The van der Waals surface area contributed by atoms with Crippen molar-refractivity contribution >= 4 is 11.9 Å². The standard InChI is InChI=1S/C35H40FNO5/c1-8-40-34(39)32(42-35(5,6)7)30-22(4)29-26(19-37(33(29)38)18-23-13-10-9-11-14-23)21(3)28(30)25-17-27(36)31-24(20(25)2)15-12-16-41-31/h9-11,13-14,17,32H,8,12,15-16,18-19H2,1-7H3/t32-/m0/s1. The molecule has 2 heterocycles. The second-order valence-corrected chi connectivity index (χ2v) is 12.2. The molecule has 3 aromatic rings. The van der Waals surface area contributed by atoms with Crippen LogP contribution in [0.2, 0.25) is 0 Å². The van der Waals surface area contributed by atoms with Crippen molar-refractivity contribution in [1.82, 2.24) is 4.90 Å². The zero-order valence-electron chi connectivity index (χ0n) is 25.7. The number of ether oxygens (including phenoxy) is 3. The molecule has 222 valence electrons. The van der Waals surface area contributed by atoms with Gasteiger partial charge in [-0.25, -0.2) is 9.18 Å². The third-order valence-electron chi connectivity index (χ3n) is 8.18. The van der Waals surface area contributed by atoms with Gasteiger partial charge in [0.25, 0.3) is 5.91 Å². The lowest BCUT2D eigenvalue weighted by Gasteiger charge is -2.31. The van der Waals surface area contributed by atoms with Crippen LogP contribution in [0.15, 0.2) is 36.4 Å². The molecule has 0 bridgehead atoms. The van der Waals surface area contributed by atoms with Gasteiger partial charge in [0.05, 0.1) is 18.8 Å². The average Bonchev–Trinajstić information content (AvgIpc) is 3.28. The molecule has 0 spiro atoms. The Morgan fingerprint density at radius 1 is 1.05 bits per heavy atom. The SMILES string of the molecule is CCOC(=O)[C@@H](OC(C)(C)C)c1c(C)c2c(c(C)c1-c1cc(F)c3c(c1C)CCCO3)CN(Cc1ccccc1)C2=O. The number of esters is 1. The van der Waals surface area contributed by atoms with E-state index in [0.717, 1.165) is 34.2 Å². The second-order valence-electron chi connectivity index (χ2n) is 12.2. The van der Waals surface area contributed by atoms with E-state index in [0.29, 0.717) is 59.7 Å². The first-order chi connectivity index (χ1) is 19.9. The minimum Gasteiger partial charge on any atom is -0.490 e. The summed E-state index contributed by atoms with van der Waals surface area (Å²) in [5, 5.41) is 0. The van der Waals surface area contributed by atoms with Crippen molar-refractivity contribution in [2.45, 2.75) is 86.1 Å². The Hall–Kier alpha value is -3.71. The molecule has 0 saturated carbocycles. The predicted molar refractivity (Wildman–Crippen MR) is 160 cm³/mol. The first kappa shape index (κ1) is 29.8. The van der Waals surface area contributed by atoms with Crippen LogP contribution in [0.5, 0.6) is 5.75 Å². The number of hydrogen-bond donors (Lipinski definition) is 0. The van der Waals surface area contributed by atoms with Crippen molar-refractivity contribution in [2.24, 2.45) is 0 Å². The van der Waals surface area contributed by atoms with Gasteiger partial charge >= 0.3 is 5.97 Å². The molecule has 0 saturated heterocycles. The molecule has 2 aliphatic rings. The van der Waals surface area contributed by atoms with Crippen LogP contribution in [0, 0.1) is 26.6 Å². The Labute approximate surface area is 247 Å². The maximum Gasteiger partial charge on any atom is 0.339 e. The van der Waals surface area contributed by atoms with Crippen LogP contribution in [0.4, 0.5) is 4.39 Å². The normalized spacial score (nSPS) is 15.2. The van der Waals surface area contributed by atoms with Gasteiger partial charge in [0.15, 0.2) is 17.7 Å². The number of amides is 1. The zero-order valence-corrected chi connectivity index (χ0v) is 25.7. The molecule has 1 atom stereocenters. The first-order valence-corrected chi connectivity index (χ1v) is 14.7. The van der Waals surface area contributed by atoms with Gasteiger partial charge < -0.3 is 19.1 Å². The van der Waals surface area contributed by atoms with Gasteiger partial charge in [0.1, 0.15) is 0 Å². The van der Waals surface area contributed by atoms with Gasteiger partial charge in [0, 0.05) is 29.8 Å². The van der Waals surface area contributed by atoms with Crippen LogP contribution in [-0.2, 0) is 33.8 Å². The average molecular weight is 574 g/mol. The van der Waals surface area contributed by atoms with E-state index in [-0.39, 0.29) is 12.5 Å². The van der Waals surface area contributed by atoms with Crippen molar-refractivity contribution in [3.8, 4) is 16.9 Å². The minimum absolute atomic E-state index is 0.0950. The lowest BCUT2D eigenvalue weighted by atomic mass is 9.80. The highest BCUT2D eigenvalue weighted by Gasteiger charge is 2.40. The fourth-order valence-corrected chi connectivity index (χ4v) is 6.32. The van der Waals surface area contributed by atoms with E-state index < -0.39 is 23.5 Å². The fraction of sp³-hybridized carbons (Fsp3) is 0.429. The van der Waals surface area contributed by atoms with Crippen molar-refractivity contribution in [3.05, 3.63) is 86.7 Å². The molecule has 2 aliphatic heterocycles. The smallest absolute Gasteiger partial charge is 0.339 e. The van der Waals surface area contributed by atoms with E-state index in [4.69, 9.17) is 14.2 Å². The quantitative estimate of drug-likeness (QED) is 0.277. The van der Waals surface area contributed by atoms with E-state index in [9.17, 15) is 9.59 Å². The van der Waals surface area contributed by atoms with Gasteiger partial charge in [-0.3, -0.25) is 4.79 Å². The molecule has 1 amide bonds. The maximum absolute atomic E-state index is 15.6. The molecule has 0 unspecified atom stereocenters. The number of nitrogens with zero attached hydrogens (tertiary/aromatic N) is 1. The van der Waals surface area contributed by atoms with E-state index in [1.54, 1.807) is 6.92 Å². The molecule has 0 radical (unpaired) electrons. The zero-order chi connectivity index (χ0) is 30.3. The fourth-order valence-electron chi connectivity index (χ4n) is 6.32. The molecular weight excluding hydrogens is 533 g/mol. The van der Waals surface area contributed by atoms with Crippen LogP contribution in [0.1, 0.15) is 89.5 Å². The number of benzene rings is 3. The summed E-state index contributed by atoms with van der Waals surface area (Å²) < 4.78 is 33.3. The molecule has 6 nitrogen and oxygen atoms in total. The van der Waals surface area contributed by atoms with Crippen molar-refractivity contribution < 1.29 is 28.2 Å². The summed E-state index contributed by atoms with van der Waals surface area (Å²) in [6, 6.07) is 11.4. The molecule has 0 aliphatic carbocycles. The third kappa shape index (κ3) is 5.42. The summed E-state index contributed by atoms with van der Waals surface area (Å²) >= 11 is 0. The van der Waals surface area contributed by atoms with E-state index >= 15 is 4.39 Å². The molecule has 0 aromatic heterocycles. The van der Waals surface area contributed by atoms with Gasteiger partial charge in [-0.1, -0.05) is 30.3 Å². The highest BCUT2D eigenvalue weighted by molar-refractivity contribution is 6.03. The minimum atomic E-state index is -1.12. The van der Waals surface area contributed by atoms with E-state index in [1.165, 1.54) is 6.07 Å². The van der Waals surface area contributed by atoms with Gasteiger partial charge in [-0.2, -0.15) is 0 Å². The Kier molecular flexibility index (Phi) is 8.17. The molecular formula is C35H40FNO5. The Morgan fingerprint density at radius 3 is 2.43 bits per heavy atom. The third-order valence-corrected chi connectivity index (χ3v) is 8.18. The summed E-state index contributed by atoms with van der Waals surface area (Å²) in [6.45, 7) is 14.7. The number of hydrogen-bond acceptors (Lipinski definition) is 5. The van der Waals surface area contributed by atoms with E-state index in [2.05, 4.69) is 0 Å². The summed E-state index contributed by atoms with van der Waals surface area (Å²) in [5.74, 6) is -0.763. The number of fused-ring (bicyclic) bond motifs is 2. The molecule has 0 fully saturated rings. The first-order valence-electron chi connectivity index (χ1n) is 14.7.